The lowest BCUT2D eigenvalue weighted by Gasteiger charge is -2.18. The molecule has 1 N–H and O–H groups in total. The van der Waals surface area contributed by atoms with E-state index in [1.165, 1.54) is 4.88 Å². The maximum Gasteiger partial charge on any atom is 0.0901 e. The van der Waals surface area contributed by atoms with Crippen molar-refractivity contribution in [3.63, 3.8) is 0 Å². The molecule has 110 valence electrons. The monoisotopic (exact) mass is 299 g/mol. The summed E-state index contributed by atoms with van der Waals surface area (Å²) in [5.41, 5.74) is 2.74. The standard InChI is InChI=1S/C17H21N3S/c1-11(16-12(2)21-13(3)20-16)19-15-8-6-14(7-9-15)17(4,5)10-18/h6-9,11,19H,1-5H3. The van der Waals surface area contributed by atoms with Crippen LogP contribution < -0.4 is 5.32 Å². The second-order valence-corrected chi connectivity index (χ2v) is 7.26. The highest BCUT2D eigenvalue weighted by Crippen LogP contribution is 2.27. The van der Waals surface area contributed by atoms with Crippen LogP contribution >= 0.6 is 11.3 Å². The highest BCUT2D eigenvalue weighted by molar-refractivity contribution is 7.11. The van der Waals surface area contributed by atoms with E-state index in [4.69, 9.17) is 0 Å². The van der Waals surface area contributed by atoms with Gasteiger partial charge in [0.15, 0.2) is 0 Å². The van der Waals surface area contributed by atoms with Gasteiger partial charge in [-0.1, -0.05) is 12.1 Å². The van der Waals surface area contributed by atoms with Crippen LogP contribution in [0.15, 0.2) is 24.3 Å². The van der Waals surface area contributed by atoms with Crippen molar-refractivity contribution in [3.05, 3.63) is 45.4 Å². The summed E-state index contributed by atoms with van der Waals surface area (Å²) in [5.74, 6) is 0. The number of aryl methyl sites for hydroxylation is 2. The Morgan fingerprint density at radius 2 is 1.86 bits per heavy atom. The van der Waals surface area contributed by atoms with E-state index in [1.54, 1.807) is 11.3 Å². The molecule has 2 aromatic rings. The first-order valence-electron chi connectivity index (χ1n) is 7.06. The lowest BCUT2D eigenvalue weighted by molar-refractivity contribution is 0.687. The third-order valence-corrected chi connectivity index (χ3v) is 4.52. The van der Waals surface area contributed by atoms with Gasteiger partial charge >= 0.3 is 0 Å². The van der Waals surface area contributed by atoms with Crippen LogP contribution in [0.3, 0.4) is 0 Å². The van der Waals surface area contributed by atoms with Crippen molar-refractivity contribution in [2.45, 2.75) is 46.1 Å². The fourth-order valence-corrected chi connectivity index (χ4v) is 3.23. The minimum atomic E-state index is -0.452. The summed E-state index contributed by atoms with van der Waals surface area (Å²) in [6.07, 6.45) is 0. The molecule has 0 amide bonds. The molecular weight excluding hydrogens is 278 g/mol. The van der Waals surface area contributed by atoms with Gasteiger partial charge in [0, 0.05) is 10.6 Å². The van der Waals surface area contributed by atoms with E-state index in [-0.39, 0.29) is 6.04 Å². The van der Waals surface area contributed by atoms with E-state index in [9.17, 15) is 5.26 Å². The molecule has 0 saturated heterocycles. The van der Waals surface area contributed by atoms with Crippen LogP contribution in [0.25, 0.3) is 0 Å². The SMILES string of the molecule is Cc1nc(C(C)Nc2ccc(C(C)(C)C#N)cc2)c(C)s1. The molecule has 0 spiro atoms. The quantitative estimate of drug-likeness (QED) is 0.887. The highest BCUT2D eigenvalue weighted by Gasteiger charge is 2.19. The largest absolute Gasteiger partial charge is 0.377 e. The summed E-state index contributed by atoms with van der Waals surface area (Å²) in [7, 11) is 0. The minimum absolute atomic E-state index is 0.171. The fraction of sp³-hybridized carbons (Fsp3) is 0.412. The number of benzene rings is 1. The number of hydrogen-bond acceptors (Lipinski definition) is 4. The molecule has 21 heavy (non-hydrogen) atoms. The Morgan fingerprint density at radius 3 is 2.33 bits per heavy atom. The van der Waals surface area contributed by atoms with Crippen molar-refractivity contribution in [2.75, 3.05) is 5.32 Å². The molecule has 0 aliphatic heterocycles. The molecule has 0 fully saturated rings. The second-order valence-electron chi connectivity index (χ2n) is 5.85. The first-order chi connectivity index (χ1) is 9.83. The van der Waals surface area contributed by atoms with Crippen LogP contribution in [-0.4, -0.2) is 4.98 Å². The predicted octanol–water partition coefficient (Wildman–Crippen LogP) is 4.73. The highest BCUT2D eigenvalue weighted by atomic mass is 32.1. The van der Waals surface area contributed by atoms with Gasteiger partial charge in [-0.15, -0.1) is 11.3 Å². The molecule has 1 heterocycles. The lowest BCUT2D eigenvalue weighted by atomic mass is 9.86. The van der Waals surface area contributed by atoms with E-state index in [0.717, 1.165) is 22.0 Å². The van der Waals surface area contributed by atoms with Gasteiger partial charge in [-0.3, -0.25) is 0 Å². The van der Waals surface area contributed by atoms with Gasteiger partial charge in [-0.2, -0.15) is 5.26 Å². The zero-order valence-electron chi connectivity index (χ0n) is 13.2. The summed E-state index contributed by atoms with van der Waals surface area (Å²) in [6.45, 7) is 10.1. The molecule has 3 nitrogen and oxygen atoms in total. The summed E-state index contributed by atoms with van der Waals surface area (Å²) in [4.78, 5) is 5.85. The van der Waals surface area contributed by atoms with Crippen LogP contribution in [0.2, 0.25) is 0 Å². The maximum atomic E-state index is 9.17. The van der Waals surface area contributed by atoms with Crippen molar-refractivity contribution in [3.8, 4) is 6.07 Å². The number of thiazole rings is 1. The zero-order valence-corrected chi connectivity index (χ0v) is 14.0. The van der Waals surface area contributed by atoms with E-state index >= 15 is 0 Å². The summed E-state index contributed by atoms with van der Waals surface area (Å²) >= 11 is 1.73. The minimum Gasteiger partial charge on any atom is -0.377 e. The Hall–Kier alpha value is -1.86. The second kappa shape index (κ2) is 5.87. The molecular formula is C17H21N3S. The van der Waals surface area contributed by atoms with Gasteiger partial charge < -0.3 is 5.32 Å². The van der Waals surface area contributed by atoms with Crippen LogP contribution in [0.1, 0.15) is 48.0 Å². The smallest absolute Gasteiger partial charge is 0.0901 e. The Kier molecular flexibility index (Phi) is 4.34. The van der Waals surface area contributed by atoms with Crippen LogP contribution in [-0.2, 0) is 5.41 Å². The number of nitrogens with one attached hydrogen (secondary N) is 1. The Morgan fingerprint density at radius 1 is 1.24 bits per heavy atom. The van der Waals surface area contributed by atoms with Crippen molar-refractivity contribution < 1.29 is 0 Å². The van der Waals surface area contributed by atoms with Crippen LogP contribution in [0.4, 0.5) is 5.69 Å². The number of aromatic nitrogens is 1. The molecule has 0 bridgehead atoms. The van der Waals surface area contributed by atoms with Crippen molar-refractivity contribution >= 4 is 17.0 Å². The topological polar surface area (TPSA) is 48.7 Å². The van der Waals surface area contributed by atoms with E-state index < -0.39 is 5.41 Å². The number of nitriles is 1. The fourth-order valence-electron chi connectivity index (χ4n) is 2.31. The zero-order chi connectivity index (χ0) is 15.6. The third kappa shape index (κ3) is 3.43. The molecule has 0 saturated carbocycles. The third-order valence-electron chi connectivity index (χ3n) is 3.62. The predicted molar refractivity (Wildman–Crippen MR) is 88.7 cm³/mol. The number of nitrogens with zero attached hydrogens (tertiary/aromatic N) is 2. The summed E-state index contributed by atoms with van der Waals surface area (Å²) < 4.78 is 0. The molecule has 0 radical (unpaired) electrons. The van der Waals surface area contributed by atoms with Crippen molar-refractivity contribution in [2.24, 2.45) is 0 Å². The van der Waals surface area contributed by atoms with Crippen LogP contribution in [0.5, 0.6) is 0 Å². The Labute approximate surface area is 130 Å². The molecule has 0 aliphatic rings. The Balaban J connectivity index is 2.14. The number of anilines is 1. The summed E-state index contributed by atoms with van der Waals surface area (Å²) in [6, 6.07) is 10.6. The lowest BCUT2D eigenvalue weighted by Crippen LogP contribution is -2.14. The van der Waals surface area contributed by atoms with Gasteiger partial charge in [0.1, 0.15) is 0 Å². The maximum absolute atomic E-state index is 9.17. The summed E-state index contributed by atoms with van der Waals surface area (Å²) in [5, 5.41) is 13.7. The first kappa shape index (κ1) is 15.5. The molecule has 0 aliphatic carbocycles. The number of hydrogen-bond donors (Lipinski definition) is 1. The molecule has 1 atom stereocenters. The van der Waals surface area contributed by atoms with Gasteiger partial charge in [0.25, 0.3) is 0 Å². The molecule has 1 aromatic carbocycles. The molecule has 1 unspecified atom stereocenters. The van der Waals surface area contributed by atoms with Gasteiger partial charge in [0.2, 0.25) is 0 Å². The average molecular weight is 299 g/mol. The van der Waals surface area contributed by atoms with Gasteiger partial charge in [-0.05, 0) is 52.3 Å². The normalized spacial score (nSPS) is 12.8. The van der Waals surface area contributed by atoms with Gasteiger partial charge in [-0.25, -0.2) is 4.98 Å². The van der Waals surface area contributed by atoms with Crippen LogP contribution in [0, 0.1) is 25.2 Å². The Bertz CT molecular complexity index is 662. The van der Waals surface area contributed by atoms with E-state index in [2.05, 4.69) is 30.2 Å². The van der Waals surface area contributed by atoms with Crippen molar-refractivity contribution in [1.82, 2.24) is 4.98 Å². The molecule has 4 heteroatoms. The van der Waals surface area contributed by atoms with E-state index in [0.29, 0.717) is 0 Å². The molecule has 2 rings (SSSR count). The van der Waals surface area contributed by atoms with Crippen molar-refractivity contribution in [1.29, 1.82) is 5.26 Å². The van der Waals surface area contributed by atoms with E-state index in [1.807, 2.05) is 45.0 Å². The number of rotatable bonds is 4. The average Bonchev–Trinajstić information content (AvgIpc) is 2.78. The molecule has 1 aromatic heterocycles. The van der Waals surface area contributed by atoms with Gasteiger partial charge in [0.05, 0.1) is 28.2 Å². The first-order valence-corrected chi connectivity index (χ1v) is 7.87.